The second-order valence-electron chi connectivity index (χ2n) is 5.39. The normalized spacial score (nSPS) is 25.6. The summed E-state index contributed by atoms with van der Waals surface area (Å²) in [5.41, 5.74) is -0.447. The Kier molecular flexibility index (Phi) is 3.77. The SMILES string of the molecule is O=C(c1c(F)cc(Br)cc1F)N1CCC2NCCC2C1. The van der Waals surface area contributed by atoms with E-state index in [4.69, 9.17) is 0 Å². The molecule has 2 atom stereocenters. The first-order valence-electron chi connectivity index (χ1n) is 6.73. The molecule has 1 aromatic rings. The molecule has 1 aromatic carbocycles. The Labute approximate surface area is 124 Å². The number of nitrogens with zero attached hydrogens (tertiary/aromatic N) is 1. The minimum atomic E-state index is -0.812. The van der Waals surface area contributed by atoms with Gasteiger partial charge in [-0.05, 0) is 37.4 Å². The average molecular weight is 345 g/mol. The van der Waals surface area contributed by atoms with Gasteiger partial charge in [0.1, 0.15) is 17.2 Å². The van der Waals surface area contributed by atoms with Crippen LogP contribution in [0.3, 0.4) is 0 Å². The van der Waals surface area contributed by atoms with Crippen LogP contribution in [0.15, 0.2) is 16.6 Å². The van der Waals surface area contributed by atoms with E-state index in [-0.39, 0.29) is 0 Å². The number of carbonyl (C=O) groups is 1. The van der Waals surface area contributed by atoms with E-state index in [1.54, 1.807) is 4.90 Å². The number of nitrogens with one attached hydrogen (secondary N) is 1. The highest BCUT2D eigenvalue weighted by Gasteiger charge is 2.35. The van der Waals surface area contributed by atoms with E-state index in [9.17, 15) is 13.6 Å². The summed E-state index contributed by atoms with van der Waals surface area (Å²) >= 11 is 3.02. The van der Waals surface area contributed by atoms with Crippen molar-refractivity contribution in [2.45, 2.75) is 18.9 Å². The summed E-state index contributed by atoms with van der Waals surface area (Å²) in [7, 11) is 0. The first-order valence-corrected chi connectivity index (χ1v) is 7.53. The van der Waals surface area contributed by atoms with Gasteiger partial charge in [-0.1, -0.05) is 15.9 Å². The molecule has 2 fully saturated rings. The Morgan fingerprint density at radius 1 is 1.30 bits per heavy atom. The van der Waals surface area contributed by atoms with Crippen LogP contribution in [0, 0.1) is 17.6 Å². The number of likely N-dealkylation sites (tertiary alicyclic amines) is 1. The van der Waals surface area contributed by atoms with Gasteiger partial charge in [0.15, 0.2) is 0 Å². The Morgan fingerprint density at radius 2 is 2.00 bits per heavy atom. The summed E-state index contributed by atoms with van der Waals surface area (Å²) in [6, 6.07) is 2.69. The molecule has 2 heterocycles. The van der Waals surface area contributed by atoms with Crippen LogP contribution < -0.4 is 5.32 Å². The number of amides is 1. The van der Waals surface area contributed by atoms with Crippen molar-refractivity contribution in [2.24, 2.45) is 5.92 Å². The lowest BCUT2D eigenvalue weighted by Gasteiger charge is -2.35. The number of carbonyl (C=O) groups excluding carboxylic acids is 1. The maximum absolute atomic E-state index is 13.9. The molecule has 0 spiro atoms. The smallest absolute Gasteiger partial charge is 0.259 e. The minimum absolute atomic E-state index is 0.294. The van der Waals surface area contributed by atoms with Crippen molar-refractivity contribution in [3.05, 3.63) is 33.8 Å². The van der Waals surface area contributed by atoms with Crippen LogP contribution >= 0.6 is 15.9 Å². The van der Waals surface area contributed by atoms with Crippen molar-refractivity contribution >= 4 is 21.8 Å². The summed E-state index contributed by atoms with van der Waals surface area (Å²) in [6.45, 7) is 2.08. The lowest BCUT2D eigenvalue weighted by atomic mass is 9.93. The number of rotatable bonds is 1. The van der Waals surface area contributed by atoms with Gasteiger partial charge >= 0.3 is 0 Å². The van der Waals surface area contributed by atoms with Crippen molar-refractivity contribution in [1.82, 2.24) is 10.2 Å². The van der Waals surface area contributed by atoms with E-state index in [0.29, 0.717) is 29.5 Å². The topological polar surface area (TPSA) is 32.3 Å². The number of hydrogen-bond acceptors (Lipinski definition) is 2. The number of hydrogen-bond donors (Lipinski definition) is 1. The van der Waals surface area contributed by atoms with Gasteiger partial charge in [-0.3, -0.25) is 4.79 Å². The molecule has 3 nitrogen and oxygen atoms in total. The zero-order valence-corrected chi connectivity index (χ0v) is 12.4. The average Bonchev–Trinajstić information content (AvgIpc) is 2.84. The van der Waals surface area contributed by atoms with Gasteiger partial charge in [0.2, 0.25) is 0 Å². The molecule has 0 saturated carbocycles. The molecule has 2 unspecified atom stereocenters. The van der Waals surface area contributed by atoms with Crippen molar-refractivity contribution in [3.8, 4) is 0 Å². The molecule has 0 bridgehead atoms. The minimum Gasteiger partial charge on any atom is -0.338 e. The monoisotopic (exact) mass is 344 g/mol. The van der Waals surface area contributed by atoms with Crippen LogP contribution in [0.2, 0.25) is 0 Å². The first kappa shape index (κ1) is 13.9. The van der Waals surface area contributed by atoms with Crippen molar-refractivity contribution in [1.29, 1.82) is 0 Å². The summed E-state index contributed by atoms with van der Waals surface area (Å²) in [5, 5.41) is 3.40. The Bertz CT molecular complexity index is 529. The zero-order chi connectivity index (χ0) is 14.3. The summed E-state index contributed by atoms with van der Waals surface area (Å²) < 4.78 is 28.0. The molecule has 2 aliphatic rings. The molecule has 1 N–H and O–H groups in total. The van der Waals surface area contributed by atoms with Gasteiger partial charge in [0, 0.05) is 23.6 Å². The van der Waals surface area contributed by atoms with Gasteiger partial charge in [0.05, 0.1) is 0 Å². The quantitative estimate of drug-likeness (QED) is 0.849. The van der Waals surface area contributed by atoms with Gasteiger partial charge < -0.3 is 10.2 Å². The molecule has 1 amide bonds. The molecule has 0 radical (unpaired) electrons. The number of halogens is 3. The van der Waals surface area contributed by atoms with E-state index >= 15 is 0 Å². The van der Waals surface area contributed by atoms with Crippen LogP contribution in [-0.4, -0.2) is 36.5 Å². The third-order valence-corrected chi connectivity index (χ3v) is 4.62. The highest BCUT2D eigenvalue weighted by Crippen LogP contribution is 2.27. The fourth-order valence-corrected chi connectivity index (χ4v) is 3.54. The van der Waals surface area contributed by atoms with Crippen LogP contribution in [0.1, 0.15) is 23.2 Å². The first-order chi connectivity index (χ1) is 9.56. The number of benzene rings is 1. The fourth-order valence-electron chi connectivity index (χ4n) is 3.14. The van der Waals surface area contributed by atoms with Gasteiger partial charge in [-0.2, -0.15) is 0 Å². The Hall–Kier alpha value is -1.01. The summed E-state index contributed by atoms with van der Waals surface area (Å²) in [4.78, 5) is 13.9. The summed E-state index contributed by atoms with van der Waals surface area (Å²) in [5.74, 6) is -1.77. The van der Waals surface area contributed by atoms with Crippen LogP contribution in [0.4, 0.5) is 8.78 Å². The molecule has 108 valence electrons. The summed E-state index contributed by atoms with van der Waals surface area (Å²) in [6.07, 6.45) is 1.86. The molecular formula is C14H15BrF2N2O. The largest absolute Gasteiger partial charge is 0.338 e. The third-order valence-electron chi connectivity index (χ3n) is 4.16. The maximum Gasteiger partial charge on any atom is 0.259 e. The predicted molar refractivity (Wildman–Crippen MR) is 74.5 cm³/mol. The lowest BCUT2D eigenvalue weighted by molar-refractivity contribution is 0.0652. The molecule has 20 heavy (non-hydrogen) atoms. The number of fused-ring (bicyclic) bond motifs is 1. The van der Waals surface area contributed by atoms with Crippen molar-refractivity contribution < 1.29 is 13.6 Å². The molecule has 6 heteroatoms. The van der Waals surface area contributed by atoms with E-state index in [0.717, 1.165) is 31.5 Å². The highest BCUT2D eigenvalue weighted by atomic mass is 79.9. The van der Waals surface area contributed by atoms with E-state index in [2.05, 4.69) is 21.2 Å². The van der Waals surface area contributed by atoms with Gasteiger partial charge in [-0.25, -0.2) is 8.78 Å². The third kappa shape index (κ3) is 2.46. The van der Waals surface area contributed by atoms with E-state index in [1.807, 2.05) is 0 Å². The maximum atomic E-state index is 13.9. The van der Waals surface area contributed by atoms with Gasteiger partial charge in [-0.15, -0.1) is 0 Å². The molecule has 3 rings (SSSR count). The second kappa shape index (κ2) is 5.41. The molecule has 2 saturated heterocycles. The predicted octanol–water partition coefficient (Wildman–Crippen LogP) is 2.55. The molecule has 0 aromatic heterocycles. The number of piperidine rings is 1. The molecule has 0 aliphatic carbocycles. The Balaban J connectivity index is 1.82. The second-order valence-corrected chi connectivity index (χ2v) is 6.31. The van der Waals surface area contributed by atoms with Gasteiger partial charge in [0.25, 0.3) is 5.91 Å². The van der Waals surface area contributed by atoms with Crippen LogP contribution in [0.25, 0.3) is 0 Å². The van der Waals surface area contributed by atoms with E-state index in [1.165, 1.54) is 0 Å². The van der Waals surface area contributed by atoms with Crippen molar-refractivity contribution in [2.75, 3.05) is 19.6 Å². The Morgan fingerprint density at radius 3 is 2.70 bits per heavy atom. The standard InChI is InChI=1S/C14H15BrF2N2O/c15-9-5-10(16)13(11(17)6-9)14(20)19-4-2-12-8(7-19)1-3-18-12/h5-6,8,12,18H,1-4,7H2. The lowest BCUT2D eigenvalue weighted by Crippen LogP contribution is -2.47. The zero-order valence-electron chi connectivity index (χ0n) is 10.8. The van der Waals surface area contributed by atoms with Crippen LogP contribution in [0.5, 0.6) is 0 Å². The molecular weight excluding hydrogens is 330 g/mol. The van der Waals surface area contributed by atoms with Crippen molar-refractivity contribution in [3.63, 3.8) is 0 Å². The highest BCUT2D eigenvalue weighted by molar-refractivity contribution is 9.10. The fraction of sp³-hybridized carbons (Fsp3) is 0.500. The molecule has 2 aliphatic heterocycles. The van der Waals surface area contributed by atoms with E-state index < -0.39 is 23.1 Å². The van der Waals surface area contributed by atoms with Crippen LogP contribution in [-0.2, 0) is 0 Å².